The van der Waals surface area contributed by atoms with Gasteiger partial charge in [-0.15, -0.1) is 0 Å². The van der Waals surface area contributed by atoms with E-state index in [1.54, 1.807) is 24.3 Å². The van der Waals surface area contributed by atoms with Crippen LogP contribution in [0, 0.1) is 0 Å². The fraction of sp³-hybridized carbons (Fsp3) is 0.417. The van der Waals surface area contributed by atoms with E-state index in [1.807, 2.05) is 0 Å². The van der Waals surface area contributed by atoms with Gasteiger partial charge < -0.3 is 14.6 Å². The molecule has 1 aliphatic heterocycles. The number of benzene rings is 1. The number of nitrogens with one attached hydrogen (secondary N) is 1. The first kappa shape index (κ1) is 11.9. The second kappa shape index (κ2) is 5.16. The molecule has 5 heteroatoms. The molecule has 2 rings (SSSR count). The predicted octanol–water partition coefficient (Wildman–Crippen LogP) is 0.595. The van der Waals surface area contributed by atoms with Crippen LogP contribution in [-0.4, -0.2) is 37.4 Å². The minimum atomic E-state index is -0.437. The van der Waals surface area contributed by atoms with Gasteiger partial charge in [-0.25, -0.2) is 0 Å². The van der Waals surface area contributed by atoms with Crippen LogP contribution in [0.5, 0.6) is 5.75 Å². The van der Waals surface area contributed by atoms with Crippen molar-refractivity contribution in [1.29, 1.82) is 0 Å². The van der Waals surface area contributed by atoms with E-state index in [4.69, 9.17) is 4.74 Å². The van der Waals surface area contributed by atoms with Crippen LogP contribution in [-0.2, 0) is 14.3 Å². The standard InChI is InChI=1S/C12H15NO4/c1-16-12(15)11-7-17-6-10(13-11)8-2-4-9(14)5-3-8/h2-5,10-11,13-14H,6-7H2,1H3. The fourth-order valence-electron chi connectivity index (χ4n) is 1.82. The van der Waals surface area contributed by atoms with Gasteiger partial charge in [0.2, 0.25) is 0 Å². The molecule has 92 valence electrons. The van der Waals surface area contributed by atoms with Crippen molar-refractivity contribution < 1.29 is 19.4 Å². The Morgan fingerprint density at radius 3 is 2.76 bits per heavy atom. The number of hydrogen-bond donors (Lipinski definition) is 2. The van der Waals surface area contributed by atoms with Crippen LogP contribution in [0.2, 0.25) is 0 Å². The van der Waals surface area contributed by atoms with Gasteiger partial charge in [-0.3, -0.25) is 10.1 Å². The van der Waals surface area contributed by atoms with E-state index in [-0.39, 0.29) is 17.8 Å². The van der Waals surface area contributed by atoms with Crippen LogP contribution in [0.1, 0.15) is 11.6 Å². The van der Waals surface area contributed by atoms with Crippen LogP contribution in [0.4, 0.5) is 0 Å². The third-order valence-corrected chi connectivity index (χ3v) is 2.75. The van der Waals surface area contributed by atoms with Crippen molar-refractivity contribution >= 4 is 5.97 Å². The molecule has 5 nitrogen and oxygen atoms in total. The van der Waals surface area contributed by atoms with Crippen molar-refractivity contribution in [3.05, 3.63) is 29.8 Å². The Balaban J connectivity index is 2.06. The molecular formula is C12H15NO4. The van der Waals surface area contributed by atoms with Gasteiger partial charge in [0.05, 0.1) is 26.4 Å². The van der Waals surface area contributed by atoms with E-state index in [9.17, 15) is 9.90 Å². The smallest absolute Gasteiger partial charge is 0.325 e. The summed E-state index contributed by atoms with van der Waals surface area (Å²) in [7, 11) is 1.36. The number of ether oxygens (including phenoxy) is 2. The Morgan fingerprint density at radius 2 is 2.12 bits per heavy atom. The maximum absolute atomic E-state index is 11.4. The number of hydrogen-bond acceptors (Lipinski definition) is 5. The van der Waals surface area contributed by atoms with E-state index in [2.05, 4.69) is 10.1 Å². The Hall–Kier alpha value is -1.59. The topological polar surface area (TPSA) is 67.8 Å². The SMILES string of the molecule is COC(=O)C1COCC(c2ccc(O)cc2)N1. The average molecular weight is 237 g/mol. The quantitative estimate of drug-likeness (QED) is 0.737. The Labute approximate surface area is 99.3 Å². The molecule has 0 saturated carbocycles. The summed E-state index contributed by atoms with van der Waals surface area (Å²) in [5, 5.41) is 12.4. The Bertz CT molecular complexity index is 390. The molecule has 0 aromatic heterocycles. The van der Waals surface area contributed by atoms with Crippen LogP contribution in [0.25, 0.3) is 0 Å². The summed E-state index contributed by atoms with van der Waals surface area (Å²) >= 11 is 0. The maximum Gasteiger partial charge on any atom is 0.325 e. The lowest BCUT2D eigenvalue weighted by Gasteiger charge is -2.29. The van der Waals surface area contributed by atoms with Gasteiger partial charge in [0, 0.05) is 0 Å². The molecular weight excluding hydrogens is 222 g/mol. The molecule has 0 amide bonds. The summed E-state index contributed by atoms with van der Waals surface area (Å²) in [6.07, 6.45) is 0. The summed E-state index contributed by atoms with van der Waals surface area (Å²) in [6, 6.07) is 6.32. The molecule has 1 saturated heterocycles. The lowest BCUT2D eigenvalue weighted by Crippen LogP contribution is -2.48. The average Bonchev–Trinajstić information content (AvgIpc) is 2.39. The number of esters is 1. The molecule has 1 aliphatic rings. The van der Waals surface area contributed by atoms with E-state index in [1.165, 1.54) is 7.11 Å². The van der Waals surface area contributed by atoms with Gasteiger partial charge in [0.25, 0.3) is 0 Å². The lowest BCUT2D eigenvalue weighted by molar-refractivity contribution is -0.147. The normalized spacial score (nSPS) is 24.3. The third kappa shape index (κ3) is 2.75. The van der Waals surface area contributed by atoms with Crippen LogP contribution in [0.3, 0.4) is 0 Å². The van der Waals surface area contributed by atoms with Gasteiger partial charge in [-0.1, -0.05) is 12.1 Å². The zero-order valence-electron chi connectivity index (χ0n) is 9.55. The van der Waals surface area contributed by atoms with Gasteiger partial charge in [-0.2, -0.15) is 0 Å². The highest BCUT2D eigenvalue weighted by Gasteiger charge is 2.28. The van der Waals surface area contributed by atoms with Crippen molar-refractivity contribution in [3.63, 3.8) is 0 Å². The maximum atomic E-state index is 11.4. The molecule has 1 heterocycles. The number of carbonyl (C=O) groups excluding carboxylic acids is 1. The highest BCUT2D eigenvalue weighted by molar-refractivity contribution is 5.76. The van der Waals surface area contributed by atoms with Gasteiger partial charge >= 0.3 is 5.97 Å². The monoisotopic (exact) mass is 237 g/mol. The van der Waals surface area contributed by atoms with Crippen LogP contribution in [0.15, 0.2) is 24.3 Å². The number of phenols is 1. The molecule has 1 fully saturated rings. The number of morpholine rings is 1. The van der Waals surface area contributed by atoms with Crippen LogP contribution < -0.4 is 5.32 Å². The number of rotatable bonds is 2. The summed E-state index contributed by atoms with van der Waals surface area (Å²) in [6.45, 7) is 0.819. The largest absolute Gasteiger partial charge is 0.508 e. The highest BCUT2D eigenvalue weighted by atomic mass is 16.5. The summed E-state index contributed by atoms with van der Waals surface area (Å²) < 4.78 is 10.0. The van der Waals surface area contributed by atoms with Crippen molar-refractivity contribution in [2.75, 3.05) is 20.3 Å². The molecule has 0 bridgehead atoms. The van der Waals surface area contributed by atoms with Crippen molar-refractivity contribution in [2.24, 2.45) is 0 Å². The van der Waals surface area contributed by atoms with E-state index < -0.39 is 6.04 Å². The van der Waals surface area contributed by atoms with Gasteiger partial charge in [0.15, 0.2) is 0 Å². The van der Waals surface area contributed by atoms with Gasteiger partial charge in [0.1, 0.15) is 11.8 Å². The van der Waals surface area contributed by atoms with Gasteiger partial charge in [-0.05, 0) is 17.7 Å². The third-order valence-electron chi connectivity index (χ3n) is 2.75. The van der Waals surface area contributed by atoms with Crippen molar-refractivity contribution in [2.45, 2.75) is 12.1 Å². The van der Waals surface area contributed by atoms with Crippen molar-refractivity contribution in [1.82, 2.24) is 5.32 Å². The molecule has 0 radical (unpaired) electrons. The predicted molar refractivity (Wildman–Crippen MR) is 60.6 cm³/mol. The second-order valence-electron chi connectivity index (χ2n) is 3.92. The molecule has 0 aliphatic carbocycles. The molecule has 2 N–H and O–H groups in total. The molecule has 2 atom stereocenters. The number of carbonyl (C=O) groups is 1. The van der Waals surface area contributed by atoms with Crippen molar-refractivity contribution in [3.8, 4) is 5.75 Å². The lowest BCUT2D eigenvalue weighted by atomic mass is 10.0. The Kier molecular flexibility index (Phi) is 3.61. The molecule has 17 heavy (non-hydrogen) atoms. The first-order valence-corrected chi connectivity index (χ1v) is 5.41. The number of aromatic hydroxyl groups is 1. The fourth-order valence-corrected chi connectivity index (χ4v) is 1.82. The first-order valence-electron chi connectivity index (χ1n) is 5.41. The summed E-state index contributed by atoms with van der Waals surface area (Å²) in [5.41, 5.74) is 0.969. The Morgan fingerprint density at radius 1 is 1.41 bits per heavy atom. The number of methoxy groups -OCH3 is 1. The van der Waals surface area contributed by atoms with E-state index in [0.29, 0.717) is 13.2 Å². The molecule has 1 aromatic carbocycles. The zero-order valence-corrected chi connectivity index (χ0v) is 9.55. The summed E-state index contributed by atoms with van der Waals surface area (Å²) in [5.74, 6) is -0.108. The zero-order chi connectivity index (χ0) is 12.3. The first-order chi connectivity index (χ1) is 8.20. The van der Waals surface area contributed by atoms with E-state index >= 15 is 0 Å². The minimum Gasteiger partial charge on any atom is -0.508 e. The second-order valence-corrected chi connectivity index (χ2v) is 3.92. The molecule has 2 unspecified atom stereocenters. The minimum absolute atomic E-state index is 0.0616. The molecule has 1 aromatic rings. The summed E-state index contributed by atoms with van der Waals surface area (Å²) in [4.78, 5) is 11.4. The number of phenolic OH excluding ortho intramolecular Hbond substituents is 1. The molecule has 0 spiro atoms. The van der Waals surface area contributed by atoms with Crippen LogP contribution >= 0.6 is 0 Å². The van der Waals surface area contributed by atoms with E-state index in [0.717, 1.165) is 5.56 Å². The highest BCUT2D eigenvalue weighted by Crippen LogP contribution is 2.20.